The Hall–Kier alpha value is -2.88. The molecule has 1 aromatic carbocycles. The van der Waals surface area contributed by atoms with Gasteiger partial charge in [-0.2, -0.15) is 0 Å². The number of rotatable bonds is 4. The van der Waals surface area contributed by atoms with Crippen LogP contribution in [0.25, 0.3) is 0 Å². The molecule has 3 heterocycles. The Morgan fingerprint density at radius 1 is 1.36 bits per heavy atom. The smallest absolute Gasteiger partial charge is 0.301 e. The third kappa shape index (κ3) is 3.03. The molecule has 28 heavy (non-hydrogen) atoms. The van der Waals surface area contributed by atoms with Crippen molar-refractivity contribution in [3.05, 3.63) is 63.8 Å². The molecule has 6 nitrogen and oxygen atoms in total. The van der Waals surface area contributed by atoms with Crippen molar-refractivity contribution in [2.75, 3.05) is 5.32 Å². The minimum Gasteiger partial charge on any atom is -0.432 e. The van der Waals surface area contributed by atoms with Crippen LogP contribution < -0.4 is 5.32 Å². The molecule has 1 unspecified atom stereocenters. The Kier molecular flexibility index (Phi) is 4.58. The van der Waals surface area contributed by atoms with Gasteiger partial charge in [0.25, 0.3) is 0 Å². The Bertz CT molecular complexity index is 1120. The summed E-state index contributed by atoms with van der Waals surface area (Å²) in [5.74, 6) is -4.06. The van der Waals surface area contributed by atoms with E-state index in [1.807, 2.05) is 0 Å². The van der Waals surface area contributed by atoms with Crippen molar-refractivity contribution < 1.29 is 22.4 Å². The molecule has 0 fully saturated rings. The van der Waals surface area contributed by atoms with Crippen LogP contribution in [0.1, 0.15) is 22.9 Å². The summed E-state index contributed by atoms with van der Waals surface area (Å²) in [5.41, 5.74) is 1.02. The van der Waals surface area contributed by atoms with Crippen LogP contribution in [0.3, 0.4) is 0 Å². The number of nitrogens with one attached hydrogen (secondary N) is 1. The molecule has 1 amide bonds. The van der Waals surface area contributed by atoms with Crippen LogP contribution >= 0.6 is 12.2 Å². The number of carbonyl (C=O) groups is 1. The van der Waals surface area contributed by atoms with E-state index in [0.717, 1.165) is 12.1 Å². The summed E-state index contributed by atoms with van der Waals surface area (Å²) in [4.78, 5) is 16.1. The van der Waals surface area contributed by atoms with Gasteiger partial charge < -0.3 is 13.6 Å². The lowest BCUT2D eigenvalue weighted by molar-refractivity contribution is -0.115. The maximum absolute atomic E-state index is 14.2. The monoisotopic (exact) mass is 408 g/mol. The number of fused-ring (bicyclic) bond motifs is 1. The van der Waals surface area contributed by atoms with Crippen molar-refractivity contribution in [2.24, 2.45) is 7.05 Å². The highest BCUT2D eigenvalue weighted by Crippen LogP contribution is 2.36. The third-order valence-electron chi connectivity index (χ3n) is 4.92. The van der Waals surface area contributed by atoms with Gasteiger partial charge in [0.1, 0.15) is 12.1 Å². The van der Waals surface area contributed by atoms with Crippen LogP contribution in [0.15, 0.2) is 29.0 Å². The normalized spacial score (nSPS) is 15.6. The second-order valence-electron chi connectivity index (χ2n) is 6.57. The summed E-state index contributed by atoms with van der Waals surface area (Å²) < 4.78 is 50.8. The summed E-state index contributed by atoms with van der Waals surface area (Å²) in [7, 11) is 1.72. The van der Waals surface area contributed by atoms with E-state index in [9.17, 15) is 18.0 Å². The lowest BCUT2D eigenvalue weighted by Gasteiger charge is -2.13. The van der Waals surface area contributed by atoms with Gasteiger partial charge in [0, 0.05) is 36.5 Å². The first-order chi connectivity index (χ1) is 13.4. The zero-order chi connectivity index (χ0) is 20.0. The molecule has 2 aromatic heterocycles. The summed E-state index contributed by atoms with van der Waals surface area (Å²) in [6.45, 7) is 0.209. The Labute approximate surface area is 162 Å². The number of imidazole rings is 1. The molecule has 3 aromatic rings. The fourth-order valence-electron chi connectivity index (χ4n) is 3.63. The van der Waals surface area contributed by atoms with Crippen molar-refractivity contribution in [3.8, 4) is 0 Å². The highest BCUT2D eigenvalue weighted by Gasteiger charge is 2.33. The van der Waals surface area contributed by atoms with Gasteiger partial charge in [-0.1, -0.05) is 0 Å². The predicted molar refractivity (Wildman–Crippen MR) is 95.8 cm³/mol. The molecule has 0 radical (unpaired) electrons. The van der Waals surface area contributed by atoms with Crippen LogP contribution in [0, 0.1) is 22.2 Å². The average molecular weight is 408 g/mol. The number of anilines is 1. The quantitative estimate of drug-likeness (QED) is 0.530. The van der Waals surface area contributed by atoms with Crippen LogP contribution in [-0.2, 0) is 31.2 Å². The molecule has 0 saturated heterocycles. The predicted octanol–water partition coefficient (Wildman–Crippen LogP) is 3.48. The van der Waals surface area contributed by atoms with Crippen molar-refractivity contribution in [3.63, 3.8) is 0 Å². The second-order valence-corrected chi connectivity index (χ2v) is 6.93. The van der Waals surface area contributed by atoms with Gasteiger partial charge in [0.05, 0.1) is 12.6 Å². The van der Waals surface area contributed by atoms with E-state index in [1.54, 1.807) is 16.2 Å². The molecule has 10 heteroatoms. The van der Waals surface area contributed by atoms with Gasteiger partial charge in [0.15, 0.2) is 16.4 Å². The van der Waals surface area contributed by atoms with Crippen molar-refractivity contribution in [1.82, 2.24) is 14.1 Å². The van der Waals surface area contributed by atoms with Crippen molar-refractivity contribution >= 4 is 24.1 Å². The lowest BCUT2D eigenvalue weighted by Crippen LogP contribution is -2.17. The minimum atomic E-state index is -1.19. The van der Waals surface area contributed by atoms with E-state index < -0.39 is 23.4 Å². The number of amides is 1. The number of aromatic nitrogens is 3. The maximum Gasteiger partial charge on any atom is 0.301 e. The van der Waals surface area contributed by atoms with E-state index >= 15 is 0 Å². The largest absolute Gasteiger partial charge is 0.432 e. The van der Waals surface area contributed by atoms with E-state index in [4.69, 9.17) is 16.6 Å². The first-order valence-electron chi connectivity index (χ1n) is 8.46. The molecule has 4 rings (SSSR count). The van der Waals surface area contributed by atoms with E-state index in [0.29, 0.717) is 16.2 Å². The molecule has 0 bridgehead atoms. The standard InChI is InChI=1S/C18H15F3N4O2S/c1-24-12(7-14(26)23-17-22-4-5-27-17)13-6-9(8-25(13)18(24)28)15-10(19)2-3-11(20)16(15)21/h2-5,9H,6-8H2,1H3,(H,22,23,26). The highest BCUT2D eigenvalue weighted by atomic mass is 32.1. The van der Waals surface area contributed by atoms with Gasteiger partial charge in [-0.15, -0.1) is 0 Å². The molecule has 1 aliphatic heterocycles. The summed E-state index contributed by atoms with van der Waals surface area (Å²) >= 11 is 5.41. The number of oxazole rings is 1. The van der Waals surface area contributed by atoms with Crippen LogP contribution in [0.4, 0.5) is 19.2 Å². The number of carbonyl (C=O) groups excluding carboxylic acids is 1. The van der Waals surface area contributed by atoms with Crippen LogP contribution in [-0.4, -0.2) is 20.0 Å². The first kappa shape index (κ1) is 18.5. The SMILES string of the molecule is Cn1c(CC(=O)Nc2ncco2)c2n(c1=S)CC(c1c(F)ccc(F)c1F)C2. The second kappa shape index (κ2) is 6.93. The molecule has 0 aliphatic carbocycles. The molecule has 0 saturated carbocycles. The first-order valence-corrected chi connectivity index (χ1v) is 8.87. The summed E-state index contributed by atoms with van der Waals surface area (Å²) in [6, 6.07) is 1.75. The van der Waals surface area contributed by atoms with Gasteiger partial charge in [0.2, 0.25) is 5.91 Å². The fraction of sp³-hybridized carbons (Fsp3) is 0.278. The Balaban J connectivity index is 1.63. The molecule has 146 valence electrons. The van der Waals surface area contributed by atoms with E-state index in [2.05, 4.69) is 10.3 Å². The average Bonchev–Trinajstić information content (AvgIpc) is 3.35. The van der Waals surface area contributed by atoms with Crippen molar-refractivity contribution in [1.29, 1.82) is 0 Å². The van der Waals surface area contributed by atoms with Gasteiger partial charge in [-0.25, -0.2) is 18.2 Å². The van der Waals surface area contributed by atoms with Crippen molar-refractivity contribution in [2.45, 2.75) is 25.3 Å². The highest BCUT2D eigenvalue weighted by molar-refractivity contribution is 7.71. The molecule has 0 spiro atoms. The molecule has 1 N–H and O–H groups in total. The van der Waals surface area contributed by atoms with E-state index in [-0.39, 0.29) is 36.9 Å². The third-order valence-corrected chi connectivity index (χ3v) is 5.41. The zero-order valence-electron chi connectivity index (χ0n) is 14.7. The van der Waals surface area contributed by atoms with E-state index in [1.165, 1.54) is 12.5 Å². The van der Waals surface area contributed by atoms with Gasteiger partial charge in [-0.3, -0.25) is 10.1 Å². The topological polar surface area (TPSA) is 65.0 Å². The van der Waals surface area contributed by atoms with Gasteiger partial charge in [-0.05, 0) is 30.8 Å². The number of nitrogens with zero attached hydrogens (tertiary/aromatic N) is 3. The van der Waals surface area contributed by atoms with Gasteiger partial charge >= 0.3 is 6.01 Å². The molecular formula is C18H15F3N4O2S. The molecule has 1 atom stereocenters. The fourth-order valence-corrected chi connectivity index (χ4v) is 3.92. The minimum absolute atomic E-state index is 0.0221. The number of halogens is 3. The Morgan fingerprint density at radius 3 is 2.82 bits per heavy atom. The van der Waals surface area contributed by atoms with Crippen LogP contribution in [0.2, 0.25) is 0 Å². The number of hydrogen-bond acceptors (Lipinski definition) is 4. The summed E-state index contributed by atoms with van der Waals surface area (Å²) in [5, 5.41) is 2.52. The summed E-state index contributed by atoms with van der Waals surface area (Å²) in [6.07, 6.45) is 2.95. The maximum atomic E-state index is 14.2. The number of hydrogen-bond donors (Lipinski definition) is 1. The Morgan fingerprint density at radius 2 is 2.11 bits per heavy atom. The zero-order valence-corrected chi connectivity index (χ0v) is 15.5. The lowest BCUT2D eigenvalue weighted by atomic mass is 9.95. The van der Waals surface area contributed by atoms with Crippen LogP contribution in [0.5, 0.6) is 0 Å². The molecular weight excluding hydrogens is 393 g/mol. The molecule has 1 aliphatic rings. The number of benzene rings is 1.